The molecule has 0 aliphatic carbocycles. The minimum absolute atomic E-state index is 0.166. The van der Waals surface area contributed by atoms with E-state index >= 15 is 0 Å². The third-order valence-electron chi connectivity index (χ3n) is 2.77. The maximum atomic E-state index is 11.9. The number of aromatic nitrogens is 3. The molecule has 96 valence electrons. The number of nitrogens with zero attached hydrogens (tertiary/aromatic N) is 2. The van der Waals surface area contributed by atoms with Gasteiger partial charge in [0.25, 0.3) is 0 Å². The summed E-state index contributed by atoms with van der Waals surface area (Å²) >= 11 is 0. The van der Waals surface area contributed by atoms with Gasteiger partial charge in [-0.1, -0.05) is 26.7 Å². The normalized spacial score (nSPS) is 10.8. The van der Waals surface area contributed by atoms with Crippen LogP contribution in [-0.4, -0.2) is 27.6 Å². The van der Waals surface area contributed by atoms with Crippen LogP contribution in [0.15, 0.2) is 6.33 Å². The van der Waals surface area contributed by atoms with E-state index in [9.17, 15) is 4.79 Å². The fourth-order valence-electron chi connectivity index (χ4n) is 1.90. The van der Waals surface area contributed by atoms with E-state index in [4.69, 9.17) is 0 Å². The summed E-state index contributed by atoms with van der Waals surface area (Å²) in [7, 11) is 0. The highest BCUT2D eigenvalue weighted by Crippen LogP contribution is 2.13. The number of carbonyl (C=O) groups is 1. The lowest BCUT2D eigenvalue weighted by Crippen LogP contribution is -2.32. The van der Waals surface area contributed by atoms with Crippen molar-refractivity contribution in [2.75, 3.05) is 6.54 Å². The van der Waals surface area contributed by atoms with E-state index in [1.54, 1.807) is 0 Å². The first-order valence-electron chi connectivity index (χ1n) is 6.39. The molecule has 0 aromatic carbocycles. The van der Waals surface area contributed by atoms with E-state index in [0.717, 1.165) is 31.5 Å². The second-order valence-electron chi connectivity index (χ2n) is 4.25. The van der Waals surface area contributed by atoms with Gasteiger partial charge in [-0.05, 0) is 12.8 Å². The van der Waals surface area contributed by atoms with Gasteiger partial charge < -0.3 is 5.32 Å². The van der Waals surface area contributed by atoms with Gasteiger partial charge >= 0.3 is 0 Å². The second-order valence-corrected chi connectivity index (χ2v) is 4.25. The van der Waals surface area contributed by atoms with Crippen molar-refractivity contribution in [1.82, 2.24) is 20.5 Å². The zero-order chi connectivity index (χ0) is 12.5. The van der Waals surface area contributed by atoms with Crippen molar-refractivity contribution in [3.63, 3.8) is 0 Å². The van der Waals surface area contributed by atoms with Crippen LogP contribution in [-0.2, 0) is 11.2 Å². The Balaban J connectivity index is 2.26. The quantitative estimate of drug-likeness (QED) is 0.724. The maximum absolute atomic E-state index is 11.9. The fourth-order valence-corrected chi connectivity index (χ4v) is 1.90. The van der Waals surface area contributed by atoms with Gasteiger partial charge in [0.2, 0.25) is 5.91 Å². The molecule has 1 aromatic heterocycles. The Hall–Kier alpha value is -1.39. The SMILES string of the molecule is CCCC(CCC)C(=O)NCCc1ncn[nH]1. The molecule has 0 radical (unpaired) electrons. The van der Waals surface area contributed by atoms with Crippen LogP contribution < -0.4 is 5.32 Å². The molecule has 0 saturated carbocycles. The molecule has 0 aliphatic rings. The van der Waals surface area contributed by atoms with Crippen LogP contribution in [0, 0.1) is 5.92 Å². The van der Waals surface area contributed by atoms with E-state index in [0.29, 0.717) is 13.0 Å². The topological polar surface area (TPSA) is 70.7 Å². The first-order valence-corrected chi connectivity index (χ1v) is 6.39. The Morgan fingerprint density at radius 2 is 2.12 bits per heavy atom. The smallest absolute Gasteiger partial charge is 0.223 e. The molecule has 1 amide bonds. The van der Waals surface area contributed by atoms with Gasteiger partial charge in [0, 0.05) is 18.9 Å². The molecule has 0 saturated heterocycles. The summed E-state index contributed by atoms with van der Waals surface area (Å²) < 4.78 is 0. The van der Waals surface area contributed by atoms with Crippen LogP contribution in [0.3, 0.4) is 0 Å². The number of carbonyl (C=O) groups excluding carboxylic acids is 1. The average Bonchev–Trinajstić information content (AvgIpc) is 2.81. The maximum Gasteiger partial charge on any atom is 0.223 e. The highest BCUT2D eigenvalue weighted by Gasteiger charge is 2.15. The van der Waals surface area contributed by atoms with E-state index in [2.05, 4.69) is 34.3 Å². The van der Waals surface area contributed by atoms with E-state index in [1.165, 1.54) is 6.33 Å². The van der Waals surface area contributed by atoms with Crippen LogP contribution in [0.4, 0.5) is 0 Å². The monoisotopic (exact) mass is 238 g/mol. The molecule has 0 bridgehead atoms. The Kier molecular flexibility index (Phi) is 6.29. The zero-order valence-electron chi connectivity index (χ0n) is 10.7. The van der Waals surface area contributed by atoms with Gasteiger partial charge in [0.15, 0.2) is 0 Å². The summed E-state index contributed by atoms with van der Waals surface area (Å²) in [6.07, 6.45) is 6.25. The van der Waals surface area contributed by atoms with Crippen molar-refractivity contribution < 1.29 is 4.79 Å². The molecule has 5 heteroatoms. The number of hydrogen-bond donors (Lipinski definition) is 2. The summed E-state index contributed by atoms with van der Waals surface area (Å²) in [6.45, 7) is 4.85. The highest BCUT2D eigenvalue weighted by molar-refractivity contribution is 5.78. The second kappa shape index (κ2) is 7.81. The van der Waals surface area contributed by atoms with E-state index < -0.39 is 0 Å². The van der Waals surface area contributed by atoms with Gasteiger partial charge in [-0.3, -0.25) is 9.89 Å². The predicted molar refractivity (Wildman–Crippen MR) is 66.4 cm³/mol. The Morgan fingerprint density at radius 1 is 1.41 bits per heavy atom. The summed E-state index contributed by atoms with van der Waals surface area (Å²) in [4.78, 5) is 15.9. The zero-order valence-corrected chi connectivity index (χ0v) is 10.7. The summed E-state index contributed by atoms with van der Waals surface area (Å²) in [5, 5.41) is 9.51. The van der Waals surface area contributed by atoms with Crippen molar-refractivity contribution >= 4 is 5.91 Å². The van der Waals surface area contributed by atoms with Crippen molar-refractivity contribution in [3.8, 4) is 0 Å². The predicted octanol–water partition coefficient (Wildman–Crippen LogP) is 1.68. The number of hydrogen-bond acceptors (Lipinski definition) is 3. The molecule has 0 unspecified atom stereocenters. The standard InChI is InChI=1S/C12H22N4O/c1-3-5-10(6-4-2)12(17)13-8-7-11-14-9-15-16-11/h9-10H,3-8H2,1-2H3,(H,13,17)(H,14,15,16). The lowest BCUT2D eigenvalue weighted by atomic mass is 9.97. The number of H-pyrrole nitrogens is 1. The average molecular weight is 238 g/mol. The van der Waals surface area contributed by atoms with Crippen molar-refractivity contribution in [2.45, 2.75) is 46.0 Å². The molecule has 0 aliphatic heterocycles. The molecular weight excluding hydrogens is 216 g/mol. The lowest BCUT2D eigenvalue weighted by Gasteiger charge is -2.14. The van der Waals surface area contributed by atoms with Gasteiger partial charge in [0.05, 0.1) is 0 Å². The van der Waals surface area contributed by atoms with Crippen LogP contribution >= 0.6 is 0 Å². The molecule has 0 atom stereocenters. The van der Waals surface area contributed by atoms with Gasteiger partial charge in [-0.15, -0.1) is 0 Å². The first-order chi connectivity index (χ1) is 8.27. The molecule has 17 heavy (non-hydrogen) atoms. The Morgan fingerprint density at radius 3 is 2.65 bits per heavy atom. The van der Waals surface area contributed by atoms with Crippen LogP contribution in [0.1, 0.15) is 45.4 Å². The van der Waals surface area contributed by atoms with Crippen molar-refractivity contribution in [3.05, 3.63) is 12.2 Å². The van der Waals surface area contributed by atoms with E-state index in [-0.39, 0.29) is 11.8 Å². The minimum atomic E-state index is 0.166. The first kappa shape index (κ1) is 13.7. The molecule has 1 heterocycles. The third-order valence-corrected chi connectivity index (χ3v) is 2.77. The number of nitrogens with one attached hydrogen (secondary N) is 2. The summed E-state index contributed by atoms with van der Waals surface area (Å²) in [6, 6.07) is 0. The molecule has 5 nitrogen and oxygen atoms in total. The molecule has 2 N–H and O–H groups in total. The van der Waals surface area contributed by atoms with Gasteiger partial charge in [0.1, 0.15) is 12.2 Å². The van der Waals surface area contributed by atoms with Crippen molar-refractivity contribution in [1.29, 1.82) is 0 Å². The van der Waals surface area contributed by atoms with Crippen LogP contribution in [0.2, 0.25) is 0 Å². The molecule has 0 spiro atoms. The summed E-state index contributed by atoms with van der Waals surface area (Å²) in [5.41, 5.74) is 0. The Bertz CT molecular complexity index is 304. The molecule has 1 aromatic rings. The highest BCUT2D eigenvalue weighted by atomic mass is 16.1. The molecular formula is C12H22N4O. The number of aromatic amines is 1. The van der Waals surface area contributed by atoms with Gasteiger partial charge in [-0.2, -0.15) is 5.10 Å². The lowest BCUT2D eigenvalue weighted by molar-refractivity contribution is -0.125. The fraction of sp³-hybridized carbons (Fsp3) is 0.750. The number of amides is 1. The van der Waals surface area contributed by atoms with Crippen LogP contribution in [0.25, 0.3) is 0 Å². The number of rotatable bonds is 8. The third kappa shape index (κ3) is 4.97. The largest absolute Gasteiger partial charge is 0.355 e. The minimum Gasteiger partial charge on any atom is -0.355 e. The summed E-state index contributed by atoms with van der Waals surface area (Å²) in [5.74, 6) is 1.15. The van der Waals surface area contributed by atoms with Gasteiger partial charge in [-0.25, -0.2) is 4.98 Å². The molecule has 0 fully saturated rings. The van der Waals surface area contributed by atoms with Crippen molar-refractivity contribution in [2.24, 2.45) is 5.92 Å². The van der Waals surface area contributed by atoms with Crippen LogP contribution in [0.5, 0.6) is 0 Å². The van der Waals surface area contributed by atoms with E-state index in [1.807, 2.05) is 0 Å². The Labute approximate surface area is 102 Å². The molecule has 1 rings (SSSR count).